The van der Waals surface area contributed by atoms with Crippen molar-refractivity contribution in [1.29, 1.82) is 0 Å². The molecule has 0 bridgehead atoms. The van der Waals surface area contributed by atoms with Gasteiger partial charge in [-0.15, -0.1) is 0 Å². The Labute approximate surface area is 50.9 Å². The van der Waals surface area contributed by atoms with Crippen LogP contribution in [-0.4, -0.2) is 17.0 Å². The van der Waals surface area contributed by atoms with Crippen molar-refractivity contribution >= 4 is 11.9 Å². The zero-order valence-corrected chi connectivity index (χ0v) is 4.50. The van der Waals surface area contributed by atoms with Crippen LogP contribution in [0.2, 0.25) is 0 Å². The molecule has 9 heavy (non-hydrogen) atoms. The van der Waals surface area contributed by atoms with Crippen molar-refractivity contribution in [2.45, 2.75) is 0 Å². The molecule has 0 atom stereocenters. The van der Waals surface area contributed by atoms with Crippen LogP contribution in [0.3, 0.4) is 0 Å². The van der Waals surface area contributed by atoms with Gasteiger partial charge in [0, 0.05) is 6.20 Å². The molecule has 5 nitrogen and oxygen atoms in total. The second-order valence-corrected chi connectivity index (χ2v) is 1.25. The van der Waals surface area contributed by atoms with Crippen LogP contribution < -0.4 is 11.5 Å². The molecule has 5 N–H and O–H groups in total. The molecule has 0 unspecified atom stereocenters. The van der Waals surface area contributed by atoms with E-state index in [1.165, 1.54) is 0 Å². The minimum Gasteiger partial charge on any atom is -0.477 e. The van der Waals surface area contributed by atoms with Gasteiger partial charge in [-0.25, -0.2) is 4.79 Å². The van der Waals surface area contributed by atoms with Gasteiger partial charge in [0.05, 0.1) is 0 Å². The molecule has 0 aromatic heterocycles. The first-order valence-electron chi connectivity index (χ1n) is 2.04. The van der Waals surface area contributed by atoms with Crippen molar-refractivity contribution in [3.05, 3.63) is 11.8 Å². The summed E-state index contributed by atoms with van der Waals surface area (Å²) >= 11 is 0. The number of rotatable bonds is 2. The Hall–Kier alpha value is -1.52. The lowest BCUT2D eigenvalue weighted by Gasteiger charge is -1.90. The van der Waals surface area contributed by atoms with Gasteiger partial charge in [0.1, 0.15) is 5.57 Å². The van der Waals surface area contributed by atoms with Gasteiger partial charge in [0.2, 0.25) is 0 Å². The number of carbonyl (C=O) groups excluding carboxylic acids is 1. The number of nitrogens with two attached hydrogens (primary N) is 2. The minimum atomic E-state index is -1.41. The van der Waals surface area contributed by atoms with E-state index in [0.717, 1.165) is 0 Å². The number of carbonyl (C=O) groups is 2. The summed E-state index contributed by atoms with van der Waals surface area (Å²) in [5.74, 6) is -2.45. The maximum Gasteiger partial charge on any atom is 0.342 e. The van der Waals surface area contributed by atoms with E-state index >= 15 is 0 Å². The molecule has 0 saturated heterocycles. The van der Waals surface area contributed by atoms with E-state index in [1.54, 1.807) is 0 Å². The van der Waals surface area contributed by atoms with E-state index in [2.05, 4.69) is 5.73 Å². The summed E-state index contributed by atoms with van der Waals surface area (Å²) in [7, 11) is 0. The highest BCUT2D eigenvalue weighted by atomic mass is 16.4. The molecule has 5 heteroatoms. The second kappa shape index (κ2) is 2.71. The van der Waals surface area contributed by atoms with Crippen LogP contribution in [0, 0.1) is 0 Å². The first-order valence-corrected chi connectivity index (χ1v) is 2.04. The van der Waals surface area contributed by atoms with Crippen molar-refractivity contribution in [2.75, 3.05) is 0 Å². The third-order valence-corrected chi connectivity index (χ3v) is 0.663. The van der Waals surface area contributed by atoms with Gasteiger partial charge in [-0.2, -0.15) is 0 Å². The number of primary amides is 1. The zero-order chi connectivity index (χ0) is 7.44. The Morgan fingerprint density at radius 2 is 1.89 bits per heavy atom. The maximum atomic E-state index is 10.1. The number of aliphatic carboxylic acids is 1. The second-order valence-electron chi connectivity index (χ2n) is 1.25. The summed E-state index contributed by atoms with van der Waals surface area (Å²) in [5.41, 5.74) is 8.71. The molecule has 0 heterocycles. The molecule has 0 aliphatic heterocycles. The highest BCUT2D eigenvalue weighted by Gasteiger charge is 2.11. The molecular formula is C4H6N2O3. The zero-order valence-electron chi connectivity index (χ0n) is 4.50. The molecule has 0 saturated carbocycles. The standard InChI is InChI=1S/C4H6N2O3/c5-1-2(3(6)7)4(8)9/h1H,5H2,(H2,6,7)(H,8,9)/b2-1+. The molecule has 0 aromatic rings. The number of hydrogen-bond donors (Lipinski definition) is 3. The van der Waals surface area contributed by atoms with Gasteiger partial charge >= 0.3 is 5.97 Å². The predicted molar refractivity (Wildman–Crippen MR) is 29.1 cm³/mol. The molecule has 0 aliphatic carbocycles. The number of carboxylic acid groups (broad SMARTS) is 1. The Morgan fingerprint density at radius 1 is 1.44 bits per heavy atom. The van der Waals surface area contributed by atoms with E-state index in [0.29, 0.717) is 6.20 Å². The van der Waals surface area contributed by atoms with E-state index in [4.69, 9.17) is 10.8 Å². The third kappa shape index (κ3) is 1.81. The van der Waals surface area contributed by atoms with E-state index < -0.39 is 17.4 Å². The molecule has 50 valence electrons. The van der Waals surface area contributed by atoms with Crippen LogP contribution in [-0.2, 0) is 9.59 Å². The Kier molecular flexibility index (Phi) is 2.25. The summed E-state index contributed by atoms with van der Waals surface area (Å²) in [6, 6.07) is 0. The normalized spacial score (nSPS) is 10.9. The van der Waals surface area contributed by atoms with Crippen LogP contribution in [0.4, 0.5) is 0 Å². The lowest BCUT2D eigenvalue weighted by Crippen LogP contribution is -2.21. The maximum absolute atomic E-state index is 10.1. The van der Waals surface area contributed by atoms with Crippen LogP contribution >= 0.6 is 0 Å². The molecule has 0 rings (SSSR count). The van der Waals surface area contributed by atoms with Gasteiger partial charge < -0.3 is 16.6 Å². The van der Waals surface area contributed by atoms with Gasteiger partial charge in [0.25, 0.3) is 5.91 Å². The van der Waals surface area contributed by atoms with Gasteiger partial charge in [0.15, 0.2) is 0 Å². The number of hydrogen-bond acceptors (Lipinski definition) is 3. The summed E-state index contributed by atoms with van der Waals surface area (Å²) in [6.45, 7) is 0. The molecule has 0 fully saturated rings. The van der Waals surface area contributed by atoms with Crippen molar-refractivity contribution in [2.24, 2.45) is 11.5 Å². The fourth-order valence-electron chi connectivity index (χ4n) is 0.259. The van der Waals surface area contributed by atoms with Crippen LogP contribution in [0.5, 0.6) is 0 Å². The topological polar surface area (TPSA) is 106 Å². The van der Waals surface area contributed by atoms with Crippen LogP contribution in [0.15, 0.2) is 11.8 Å². The molecule has 0 radical (unpaired) electrons. The largest absolute Gasteiger partial charge is 0.477 e. The lowest BCUT2D eigenvalue weighted by atomic mass is 10.3. The van der Waals surface area contributed by atoms with Crippen molar-refractivity contribution in [3.63, 3.8) is 0 Å². The summed E-state index contributed by atoms with van der Waals surface area (Å²) in [4.78, 5) is 20.0. The fraction of sp³-hybridized carbons (Fsp3) is 0. The van der Waals surface area contributed by atoms with Gasteiger partial charge in [-0.1, -0.05) is 0 Å². The van der Waals surface area contributed by atoms with Crippen LogP contribution in [0.1, 0.15) is 0 Å². The molecule has 0 spiro atoms. The van der Waals surface area contributed by atoms with Crippen LogP contribution in [0.25, 0.3) is 0 Å². The predicted octanol–water partition coefficient (Wildman–Crippen LogP) is -1.60. The minimum absolute atomic E-state index is 0.602. The molecule has 0 aliphatic rings. The van der Waals surface area contributed by atoms with Crippen molar-refractivity contribution in [3.8, 4) is 0 Å². The van der Waals surface area contributed by atoms with Crippen molar-refractivity contribution < 1.29 is 14.7 Å². The lowest BCUT2D eigenvalue weighted by molar-refractivity contribution is -0.134. The Balaban J connectivity index is 4.38. The first-order chi connectivity index (χ1) is 4.09. The van der Waals surface area contributed by atoms with E-state index in [-0.39, 0.29) is 0 Å². The van der Waals surface area contributed by atoms with Gasteiger partial charge in [-0.3, -0.25) is 4.79 Å². The smallest absolute Gasteiger partial charge is 0.342 e. The SMILES string of the molecule is N/C=C(\C(N)=O)C(=O)O. The first kappa shape index (κ1) is 7.48. The average molecular weight is 130 g/mol. The highest BCUT2D eigenvalue weighted by molar-refractivity contribution is 6.14. The molecule has 0 aromatic carbocycles. The third-order valence-electron chi connectivity index (χ3n) is 0.663. The fourth-order valence-corrected chi connectivity index (χ4v) is 0.259. The summed E-state index contributed by atoms with van der Waals surface area (Å²) in [5, 5.41) is 8.09. The average Bonchev–Trinajstić information content (AvgIpc) is 1.64. The Morgan fingerprint density at radius 3 is 1.89 bits per heavy atom. The molecular weight excluding hydrogens is 124 g/mol. The monoisotopic (exact) mass is 130 g/mol. The highest BCUT2D eigenvalue weighted by Crippen LogP contribution is 1.87. The van der Waals surface area contributed by atoms with Crippen molar-refractivity contribution in [1.82, 2.24) is 0 Å². The quantitative estimate of drug-likeness (QED) is 0.237. The van der Waals surface area contributed by atoms with E-state index in [1.807, 2.05) is 0 Å². The molecule has 1 amide bonds. The summed E-state index contributed by atoms with van der Waals surface area (Å²) in [6.07, 6.45) is 0.657. The summed E-state index contributed by atoms with van der Waals surface area (Å²) < 4.78 is 0. The number of amides is 1. The Bertz CT molecular complexity index is 157. The van der Waals surface area contributed by atoms with E-state index in [9.17, 15) is 9.59 Å². The van der Waals surface area contributed by atoms with Gasteiger partial charge in [-0.05, 0) is 0 Å². The number of carboxylic acids is 1.